The van der Waals surface area contributed by atoms with Crippen LogP contribution in [0.1, 0.15) is 18.9 Å². The summed E-state index contributed by atoms with van der Waals surface area (Å²) >= 11 is 0. The van der Waals surface area contributed by atoms with Gasteiger partial charge in [0.05, 0.1) is 0 Å². The Morgan fingerprint density at radius 2 is 1.85 bits per heavy atom. The molecule has 1 aromatic rings. The van der Waals surface area contributed by atoms with Gasteiger partial charge < -0.3 is 9.80 Å². The van der Waals surface area contributed by atoms with Crippen molar-refractivity contribution in [2.75, 3.05) is 51.2 Å². The largest absolute Gasteiger partial charge is 0.338 e. The Bertz CT molecular complexity index is 432. The zero-order valence-electron chi connectivity index (χ0n) is 12.6. The molecule has 5 heteroatoms. The maximum absolute atomic E-state index is 4.56. The summed E-state index contributed by atoms with van der Waals surface area (Å²) in [5, 5.41) is 0. The van der Waals surface area contributed by atoms with Crippen LogP contribution in [-0.4, -0.2) is 72.1 Å². The molecule has 0 spiro atoms. The van der Waals surface area contributed by atoms with E-state index in [0.717, 1.165) is 45.0 Å². The fraction of sp³-hybridized carbons (Fsp3) is 0.733. The first-order valence-electron chi connectivity index (χ1n) is 7.74. The Labute approximate surface area is 121 Å². The van der Waals surface area contributed by atoms with E-state index < -0.39 is 0 Å². The van der Waals surface area contributed by atoms with Crippen molar-refractivity contribution in [1.29, 1.82) is 0 Å². The number of hydrogen-bond donors (Lipinski definition) is 0. The number of fused-ring (bicyclic) bond motifs is 1. The number of rotatable bonds is 3. The van der Waals surface area contributed by atoms with Crippen molar-refractivity contribution in [3.63, 3.8) is 0 Å². The highest BCUT2D eigenvalue weighted by Gasteiger charge is 2.31. The van der Waals surface area contributed by atoms with Crippen molar-refractivity contribution in [2.45, 2.75) is 25.8 Å². The Kier molecular flexibility index (Phi) is 4.17. The zero-order valence-corrected chi connectivity index (χ0v) is 12.6. The summed E-state index contributed by atoms with van der Waals surface area (Å²) in [6.45, 7) is 8.98. The van der Waals surface area contributed by atoms with Crippen LogP contribution in [0.3, 0.4) is 0 Å². The lowest BCUT2D eigenvalue weighted by molar-refractivity contribution is 0.0802. The summed E-state index contributed by atoms with van der Waals surface area (Å²) < 4.78 is 0. The Balaban J connectivity index is 1.65. The van der Waals surface area contributed by atoms with Crippen molar-refractivity contribution in [1.82, 2.24) is 19.8 Å². The summed E-state index contributed by atoms with van der Waals surface area (Å²) in [4.78, 5) is 16.5. The standard InChI is InChI=1S/C15H25N5/c1-3-4-13-9-16-15(17-10-13)20-8-7-19-6-5-18(2)11-14(19)12-20/h9-10,14H,3-8,11-12H2,1-2H3/t14-/m0/s1. The average molecular weight is 275 g/mol. The summed E-state index contributed by atoms with van der Waals surface area (Å²) in [5.41, 5.74) is 1.24. The molecule has 0 radical (unpaired) electrons. The van der Waals surface area contributed by atoms with Crippen molar-refractivity contribution in [3.8, 4) is 0 Å². The van der Waals surface area contributed by atoms with Crippen LogP contribution in [0.2, 0.25) is 0 Å². The normalized spacial score (nSPS) is 24.7. The minimum absolute atomic E-state index is 0.626. The number of aromatic nitrogens is 2. The average Bonchev–Trinajstić information content (AvgIpc) is 2.47. The Morgan fingerprint density at radius 3 is 2.60 bits per heavy atom. The predicted octanol–water partition coefficient (Wildman–Crippen LogP) is 0.865. The van der Waals surface area contributed by atoms with Gasteiger partial charge >= 0.3 is 0 Å². The molecule has 0 N–H and O–H groups in total. The summed E-state index contributed by atoms with van der Waals surface area (Å²) in [6.07, 6.45) is 6.20. The SMILES string of the molecule is CCCc1cnc(N2CCN3CCN(C)C[C@H]3C2)nc1. The van der Waals surface area contributed by atoms with Gasteiger partial charge in [-0.15, -0.1) is 0 Å². The van der Waals surface area contributed by atoms with E-state index in [4.69, 9.17) is 0 Å². The minimum atomic E-state index is 0.626. The first kappa shape index (κ1) is 13.8. The van der Waals surface area contributed by atoms with Gasteiger partial charge in [0, 0.05) is 57.7 Å². The third-order valence-corrected chi connectivity index (χ3v) is 4.41. The maximum atomic E-state index is 4.56. The highest BCUT2D eigenvalue weighted by Crippen LogP contribution is 2.18. The van der Waals surface area contributed by atoms with E-state index in [1.165, 1.54) is 18.7 Å². The topological polar surface area (TPSA) is 35.5 Å². The van der Waals surface area contributed by atoms with Crippen LogP contribution in [0.25, 0.3) is 0 Å². The molecule has 110 valence electrons. The lowest BCUT2D eigenvalue weighted by Gasteiger charge is -2.46. The molecule has 1 atom stereocenters. The summed E-state index contributed by atoms with van der Waals surface area (Å²) in [6, 6.07) is 0.626. The quantitative estimate of drug-likeness (QED) is 0.818. The van der Waals surface area contributed by atoms with Gasteiger partial charge in [-0.1, -0.05) is 13.3 Å². The smallest absolute Gasteiger partial charge is 0.225 e. The predicted molar refractivity (Wildman–Crippen MR) is 81.1 cm³/mol. The van der Waals surface area contributed by atoms with E-state index in [1.54, 1.807) is 0 Å². The number of piperazine rings is 2. The molecule has 0 aromatic carbocycles. The van der Waals surface area contributed by atoms with Crippen molar-refractivity contribution < 1.29 is 0 Å². The second-order valence-corrected chi connectivity index (χ2v) is 6.04. The first-order chi connectivity index (χ1) is 9.76. The first-order valence-corrected chi connectivity index (χ1v) is 7.74. The molecule has 5 nitrogen and oxygen atoms in total. The highest BCUT2D eigenvalue weighted by atomic mass is 15.4. The van der Waals surface area contributed by atoms with Crippen LogP contribution in [0.15, 0.2) is 12.4 Å². The molecule has 3 heterocycles. The highest BCUT2D eigenvalue weighted by molar-refractivity contribution is 5.31. The summed E-state index contributed by atoms with van der Waals surface area (Å²) in [7, 11) is 2.21. The molecule has 0 unspecified atom stereocenters. The van der Waals surface area contributed by atoms with Crippen molar-refractivity contribution in [2.24, 2.45) is 0 Å². The third kappa shape index (κ3) is 2.94. The molecule has 20 heavy (non-hydrogen) atoms. The number of aryl methyl sites for hydroxylation is 1. The molecule has 0 saturated carbocycles. The van der Waals surface area contributed by atoms with Crippen LogP contribution in [0, 0.1) is 0 Å². The number of likely N-dealkylation sites (N-methyl/N-ethyl adjacent to an activating group) is 1. The van der Waals surface area contributed by atoms with Gasteiger partial charge in [-0.25, -0.2) is 9.97 Å². The van der Waals surface area contributed by atoms with Gasteiger partial charge in [-0.3, -0.25) is 4.90 Å². The van der Waals surface area contributed by atoms with Crippen LogP contribution in [0.4, 0.5) is 5.95 Å². The van der Waals surface area contributed by atoms with Gasteiger partial charge in [0.25, 0.3) is 0 Å². The molecule has 2 saturated heterocycles. The van der Waals surface area contributed by atoms with Gasteiger partial charge in [-0.2, -0.15) is 0 Å². The molecule has 0 aliphatic carbocycles. The second-order valence-electron chi connectivity index (χ2n) is 6.04. The third-order valence-electron chi connectivity index (χ3n) is 4.41. The fourth-order valence-electron chi connectivity index (χ4n) is 3.22. The van der Waals surface area contributed by atoms with E-state index in [0.29, 0.717) is 6.04 Å². The van der Waals surface area contributed by atoms with Gasteiger partial charge in [-0.05, 0) is 19.0 Å². The molecular weight excluding hydrogens is 250 g/mol. The molecule has 2 fully saturated rings. The number of anilines is 1. The van der Waals surface area contributed by atoms with Crippen molar-refractivity contribution in [3.05, 3.63) is 18.0 Å². The monoisotopic (exact) mass is 275 g/mol. The lowest BCUT2D eigenvalue weighted by atomic mass is 10.1. The molecule has 2 aliphatic rings. The van der Waals surface area contributed by atoms with Crippen LogP contribution >= 0.6 is 0 Å². The van der Waals surface area contributed by atoms with Gasteiger partial charge in [0.2, 0.25) is 5.95 Å². The van der Waals surface area contributed by atoms with Crippen molar-refractivity contribution >= 4 is 5.95 Å². The molecule has 0 bridgehead atoms. The van der Waals surface area contributed by atoms with Gasteiger partial charge in [0.1, 0.15) is 0 Å². The van der Waals surface area contributed by atoms with E-state index in [2.05, 4.69) is 38.6 Å². The molecule has 3 rings (SSSR count). The zero-order chi connectivity index (χ0) is 13.9. The van der Waals surface area contributed by atoms with E-state index >= 15 is 0 Å². The van der Waals surface area contributed by atoms with E-state index in [-0.39, 0.29) is 0 Å². The molecule has 0 amide bonds. The lowest BCUT2D eigenvalue weighted by Crippen LogP contribution is -2.61. The number of nitrogens with zero attached hydrogens (tertiary/aromatic N) is 5. The molecule has 2 aliphatic heterocycles. The number of hydrogen-bond acceptors (Lipinski definition) is 5. The van der Waals surface area contributed by atoms with Gasteiger partial charge in [0.15, 0.2) is 0 Å². The Morgan fingerprint density at radius 1 is 1.10 bits per heavy atom. The maximum Gasteiger partial charge on any atom is 0.225 e. The van der Waals surface area contributed by atoms with E-state index in [9.17, 15) is 0 Å². The Hall–Kier alpha value is -1.20. The summed E-state index contributed by atoms with van der Waals surface area (Å²) in [5.74, 6) is 0.901. The molecular formula is C15H25N5. The molecule has 1 aromatic heterocycles. The fourth-order valence-corrected chi connectivity index (χ4v) is 3.22. The van der Waals surface area contributed by atoms with Crippen LogP contribution in [0.5, 0.6) is 0 Å². The minimum Gasteiger partial charge on any atom is -0.338 e. The van der Waals surface area contributed by atoms with Crippen LogP contribution in [-0.2, 0) is 6.42 Å². The van der Waals surface area contributed by atoms with Crippen LogP contribution < -0.4 is 4.90 Å². The van der Waals surface area contributed by atoms with E-state index in [1.807, 2.05) is 12.4 Å². The second kappa shape index (κ2) is 6.06.